The summed E-state index contributed by atoms with van der Waals surface area (Å²) in [6.45, 7) is 1.68. The van der Waals surface area contributed by atoms with E-state index in [1.807, 2.05) is 14.1 Å². The Balaban J connectivity index is 2.44. The molecule has 0 aromatic rings. The summed E-state index contributed by atoms with van der Waals surface area (Å²) in [5, 5.41) is 3.28. The number of ether oxygens (including phenoxy) is 2. The summed E-state index contributed by atoms with van der Waals surface area (Å²) in [5.41, 5.74) is -0.522. The predicted octanol–water partition coefficient (Wildman–Crippen LogP) is -0.142. The molecule has 1 fully saturated rings. The third-order valence-electron chi connectivity index (χ3n) is 3.08. The monoisotopic (exact) mass is 230 g/mol. The summed E-state index contributed by atoms with van der Waals surface area (Å²) >= 11 is 0. The van der Waals surface area contributed by atoms with Gasteiger partial charge in [0.05, 0.1) is 13.2 Å². The van der Waals surface area contributed by atoms with Crippen molar-refractivity contribution in [2.45, 2.75) is 24.5 Å². The van der Waals surface area contributed by atoms with Gasteiger partial charge in [-0.15, -0.1) is 0 Å². The van der Waals surface area contributed by atoms with Crippen LogP contribution in [0.4, 0.5) is 0 Å². The molecule has 0 spiro atoms. The molecule has 1 N–H and O–H groups in total. The van der Waals surface area contributed by atoms with Crippen LogP contribution in [0, 0.1) is 0 Å². The van der Waals surface area contributed by atoms with E-state index in [0.29, 0.717) is 12.8 Å². The Labute approximate surface area is 97.1 Å². The fourth-order valence-corrected chi connectivity index (χ4v) is 1.98. The minimum Gasteiger partial charge on any atom is -0.468 e. The van der Waals surface area contributed by atoms with Gasteiger partial charge in [0.15, 0.2) is 0 Å². The van der Waals surface area contributed by atoms with E-state index in [9.17, 15) is 4.79 Å². The summed E-state index contributed by atoms with van der Waals surface area (Å²) in [6, 6.07) is 0. The normalized spacial score (nSPS) is 28.9. The summed E-state index contributed by atoms with van der Waals surface area (Å²) in [6.07, 6.45) is 1.57. The minimum atomic E-state index is -0.522. The number of esters is 1. The zero-order valence-electron chi connectivity index (χ0n) is 10.6. The Kier molecular flexibility index (Phi) is 4.70. The van der Waals surface area contributed by atoms with Gasteiger partial charge in [-0.1, -0.05) is 0 Å². The Morgan fingerprint density at radius 3 is 2.50 bits per heavy atom. The minimum absolute atomic E-state index is 0.172. The van der Waals surface area contributed by atoms with Crippen LogP contribution in [0.2, 0.25) is 0 Å². The summed E-state index contributed by atoms with van der Waals surface area (Å²) < 4.78 is 10.0. The fourth-order valence-electron chi connectivity index (χ4n) is 1.98. The predicted molar refractivity (Wildman–Crippen MR) is 61.3 cm³/mol. The van der Waals surface area contributed by atoms with Gasteiger partial charge >= 0.3 is 5.97 Å². The lowest BCUT2D eigenvalue weighted by Gasteiger charge is -2.45. The molecule has 0 aromatic carbocycles. The highest BCUT2D eigenvalue weighted by Crippen LogP contribution is 2.35. The SMILES string of the molecule is COC(=O)C1(NCCN(C)C)CC(OC)C1. The first-order valence-corrected chi connectivity index (χ1v) is 5.55. The molecule has 0 bridgehead atoms. The van der Waals surface area contributed by atoms with Crippen LogP contribution >= 0.6 is 0 Å². The van der Waals surface area contributed by atoms with E-state index in [-0.39, 0.29) is 12.1 Å². The van der Waals surface area contributed by atoms with Crippen molar-refractivity contribution in [2.24, 2.45) is 0 Å². The average molecular weight is 230 g/mol. The first-order valence-electron chi connectivity index (χ1n) is 5.55. The maximum absolute atomic E-state index is 11.7. The molecule has 0 atom stereocenters. The van der Waals surface area contributed by atoms with Gasteiger partial charge in [0, 0.05) is 33.0 Å². The van der Waals surface area contributed by atoms with Crippen molar-refractivity contribution < 1.29 is 14.3 Å². The number of hydrogen-bond acceptors (Lipinski definition) is 5. The van der Waals surface area contributed by atoms with Crippen LogP contribution in [0.15, 0.2) is 0 Å². The first kappa shape index (κ1) is 13.4. The number of hydrogen-bond donors (Lipinski definition) is 1. The standard InChI is InChI=1S/C11H22N2O3/c1-13(2)6-5-12-11(10(14)16-4)7-9(8-11)15-3/h9,12H,5-8H2,1-4H3. The number of carbonyl (C=O) groups excluding carboxylic acids is 1. The van der Waals surface area contributed by atoms with Crippen LogP contribution < -0.4 is 5.32 Å². The number of methoxy groups -OCH3 is 2. The van der Waals surface area contributed by atoms with E-state index in [4.69, 9.17) is 9.47 Å². The van der Waals surface area contributed by atoms with Crippen molar-refractivity contribution in [2.75, 3.05) is 41.4 Å². The van der Waals surface area contributed by atoms with E-state index >= 15 is 0 Å². The van der Waals surface area contributed by atoms with E-state index < -0.39 is 5.54 Å². The molecule has 0 heterocycles. The van der Waals surface area contributed by atoms with Crippen LogP contribution in [0.5, 0.6) is 0 Å². The average Bonchev–Trinajstić information content (AvgIpc) is 2.20. The van der Waals surface area contributed by atoms with Gasteiger partial charge in [0.2, 0.25) is 0 Å². The number of carbonyl (C=O) groups is 1. The summed E-state index contributed by atoms with van der Waals surface area (Å²) in [4.78, 5) is 13.8. The molecule has 0 aliphatic heterocycles. The lowest BCUT2D eigenvalue weighted by Crippen LogP contribution is -2.64. The lowest BCUT2D eigenvalue weighted by atomic mass is 9.74. The number of rotatable bonds is 6. The fraction of sp³-hybridized carbons (Fsp3) is 0.909. The van der Waals surface area contributed by atoms with Crippen LogP contribution in [0.3, 0.4) is 0 Å². The van der Waals surface area contributed by atoms with Crippen molar-refractivity contribution in [3.63, 3.8) is 0 Å². The number of likely N-dealkylation sites (N-methyl/N-ethyl adjacent to an activating group) is 1. The summed E-state index contributed by atoms with van der Waals surface area (Å²) in [5.74, 6) is -0.181. The maximum Gasteiger partial charge on any atom is 0.326 e. The third-order valence-corrected chi connectivity index (χ3v) is 3.08. The Morgan fingerprint density at radius 2 is 2.06 bits per heavy atom. The van der Waals surface area contributed by atoms with Crippen LogP contribution in [-0.4, -0.2) is 63.9 Å². The van der Waals surface area contributed by atoms with E-state index in [1.165, 1.54) is 7.11 Å². The highest BCUT2D eigenvalue weighted by Gasteiger charge is 2.51. The van der Waals surface area contributed by atoms with Gasteiger partial charge < -0.3 is 19.7 Å². The van der Waals surface area contributed by atoms with Gasteiger partial charge in [-0.25, -0.2) is 0 Å². The topological polar surface area (TPSA) is 50.8 Å². The molecule has 1 saturated carbocycles. The molecular formula is C11H22N2O3. The molecule has 5 nitrogen and oxygen atoms in total. The smallest absolute Gasteiger partial charge is 0.326 e. The molecule has 0 radical (unpaired) electrons. The second-order valence-electron chi connectivity index (χ2n) is 4.57. The zero-order valence-corrected chi connectivity index (χ0v) is 10.6. The Morgan fingerprint density at radius 1 is 1.44 bits per heavy atom. The Hall–Kier alpha value is -0.650. The zero-order chi connectivity index (χ0) is 12.2. The number of nitrogens with zero attached hydrogens (tertiary/aromatic N) is 1. The van der Waals surface area contributed by atoms with Gasteiger partial charge in [0.25, 0.3) is 0 Å². The molecule has 94 valence electrons. The molecule has 1 aliphatic carbocycles. The van der Waals surface area contributed by atoms with Crippen molar-refractivity contribution in [3.8, 4) is 0 Å². The van der Waals surface area contributed by atoms with Crippen LogP contribution in [0.1, 0.15) is 12.8 Å². The maximum atomic E-state index is 11.7. The molecule has 0 unspecified atom stereocenters. The Bertz CT molecular complexity index is 237. The quantitative estimate of drug-likeness (QED) is 0.644. The van der Waals surface area contributed by atoms with Gasteiger partial charge in [-0.2, -0.15) is 0 Å². The van der Waals surface area contributed by atoms with Crippen LogP contribution in [-0.2, 0) is 14.3 Å². The lowest BCUT2D eigenvalue weighted by molar-refractivity contribution is -0.160. The molecular weight excluding hydrogens is 208 g/mol. The molecule has 5 heteroatoms. The first-order chi connectivity index (χ1) is 7.54. The summed E-state index contributed by atoms with van der Waals surface area (Å²) in [7, 11) is 7.11. The van der Waals surface area contributed by atoms with E-state index in [0.717, 1.165) is 13.1 Å². The van der Waals surface area contributed by atoms with Crippen molar-refractivity contribution in [1.29, 1.82) is 0 Å². The third kappa shape index (κ3) is 2.93. The molecule has 0 aromatic heterocycles. The van der Waals surface area contributed by atoms with Crippen LogP contribution in [0.25, 0.3) is 0 Å². The highest BCUT2D eigenvalue weighted by molar-refractivity contribution is 5.82. The molecule has 16 heavy (non-hydrogen) atoms. The molecule has 0 saturated heterocycles. The largest absolute Gasteiger partial charge is 0.468 e. The highest BCUT2D eigenvalue weighted by atomic mass is 16.5. The molecule has 1 rings (SSSR count). The molecule has 0 amide bonds. The van der Waals surface area contributed by atoms with Crippen molar-refractivity contribution >= 4 is 5.97 Å². The van der Waals surface area contributed by atoms with Gasteiger partial charge in [-0.3, -0.25) is 4.79 Å². The van der Waals surface area contributed by atoms with Crippen molar-refractivity contribution in [1.82, 2.24) is 10.2 Å². The second-order valence-corrected chi connectivity index (χ2v) is 4.57. The van der Waals surface area contributed by atoms with E-state index in [2.05, 4.69) is 10.2 Å². The van der Waals surface area contributed by atoms with Gasteiger partial charge in [0.1, 0.15) is 5.54 Å². The number of nitrogens with one attached hydrogen (secondary N) is 1. The van der Waals surface area contributed by atoms with Crippen molar-refractivity contribution in [3.05, 3.63) is 0 Å². The van der Waals surface area contributed by atoms with Gasteiger partial charge in [-0.05, 0) is 14.1 Å². The molecule has 1 aliphatic rings. The second kappa shape index (κ2) is 5.61. The van der Waals surface area contributed by atoms with E-state index in [1.54, 1.807) is 7.11 Å².